The molecule has 0 unspecified atom stereocenters. The maximum atomic E-state index is 4.09. The number of thiazole rings is 1. The van der Waals surface area contributed by atoms with E-state index in [0.29, 0.717) is 0 Å². The van der Waals surface area contributed by atoms with Gasteiger partial charge in [0, 0.05) is 29.3 Å². The van der Waals surface area contributed by atoms with Gasteiger partial charge in [-0.15, -0.1) is 47.8 Å². The quantitative estimate of drug-likeness (QED) is 0.127. The maximum absolute atomic E-state index is 4.09. The molecule has 240 valence electrons. The summed E-state index contributed by atoms with van der Waals surface area (Å²) < 4.78 is 8.33. The van der Waals surface area contributed by atoms with E-state index in [1.54, 1.807) is 34.9 Å². The van der Waals surface area contributed by atoms with Crippen molar-refractivity contribution in [3.63, 3.8) is 0 Å². The van der Waals surface area contributed by atoms with Crippen LogP contribution >= 0.6 is 34.9 Å². The van der Waals surface area contributed by atoms with Gasteiger partial charge < -0.3 is 9.15 Å². The Bertz CT molecular complexity index is 2190. The first-order valence-corrected chi connectivity index (χ1v) is 17.7. The maximum Gasteiger partial charge on any atom is 3.00 e. The van der Waals surface area contributed by atoms with Crippen LogP contribution in [0, 0.1) is 42.1 Å². The summed E-state index contributed by atoms with van der Waals surface area (Å²) in [6.07, 6.45) is 11.2. The standard InChI is InChI=1S/3C14H10NS.Ir/c3*1-15-12-9-5-6-10-13(12)16-14(15)11-7-3-2-4-8-11;/h3*2-7,9-10H,1H2;/q3*-1;+3/b14-11+;;;. The molecule has 1 aliphatic carbocycles. The number of para-hydroxylation sites is 3. The molecule has 49 heavy (non-hydrogen) atoms. The number of hydrogen-bond acceptors (Lipinski definition) is 3. The van der Waals surface area contributed by atoms with Crippen molar-refractivity contribution >= 4 is 75.5 Å². The number of allylic oxidation sites excluding steroid dienone is 4. The van der Waals surface area contributed by atoms with Crippen molar-refractivity contribution in [2.75, 3.05) is 0 Å². The Morgan fingerprint density at radius 2 is 1.16 bits per heavy atom. The number of fused-ring (bicyclic) bond motifs is 3. The zero-order valence-electron chi connectivity index (χ0n) is 26.4. The molecule has 6 aromatic rings. The van der Waals surface area contributed by atoms with Gasteiger partial charge in [-0.2, -0.15) is 34.6 Å². The van der Waals surface area contributed by atoms with Crippen LogP contribution in [0.5, 0.6) is 0 Å². The zero-order valence-corrected chi connectivity index (χ0v) is 31.2. The minimum atomic E-state index is 0. The summed E-state index contributed by atoms with van der Waals surface area (Å²) in [4.78, 5) is 2.51. The Balaban J connectivity index is 0.000000126. The van der Waals surface area contributed by atoms with Crippen molar-refractivity contribution in [1.29, 1.82) is 0 Å². The van der Waals surface area contributed by atoms with Gasteiger partial charge >= 0.3 is 20.1 Å². The van der Waals surface area contributed by atoms with Crippen molar-refractivity contribution in [2.45, 2.75) is 9.79 Å². The molecule has 3 nitrogen and oxygen atoms in total. The fourth-order valence-electron chi connectivity index (χ4n) is 5.29. The third-order valence-electron chi connectivity index (χ3n) is 7.64. The molecule has 0 saturated carbocycles. The molecule has 1 aromatic heterocycles. The number of benzene rings is 5. The molecule has 5 aromatic carbocycles. The van der Waals surface area contributed by atoms with E-state index in [0.717, 1.165) is 32.1 Å². The van der Waals surface area contributed by atoms with Crippen LogP contribution in [-0.2, 0) is 20.1 Å². The normalized spacial score (nSPS) is 14.9. The van der Waals surface area contributed by atoms with E-state index in [1.807, 2.05) is 86.2 Å². The SMILES string of the molecule is C=[N+]1c2ccccc2S[C-]1c1[c-]cccc1.C=[N+]1c2ccccc2S[C-]1c1[c-]cccc1.C=[n+]1/c(=C2\[C-]=CC=C[CH-]2)sc2ccccc21.[Ir+3]. The summed E-state index contributed by atoms with van der Waals surface area (Å²) in [5, 5.41) is 2.28. The molecule has 0 saturated heterocycles. The van der Waals surface area contributed by atoms with Gasteiger partial charge in [-0.05, 0) is 6.07 Å². The summed E-state index contributed by atoms with van der Waals surface area (Å²) in [6, 6.07) is 47.4. The Hall–Kier alpha value is -4.49. The van der Waals surface area contributed by atoms with Gasteiger partial charge in [-0.3, -0.25) is 6.08 Å². The van der Waals surface area contributed by atoms with Gasteiger partial charge in [-0.1, -0.05) is 72.8 Å². The van der Waals surface area contributed by atoms with E-state index in [4.69, 9.17) is 0 Å². The Morgan fingerprint density at radius 1 is 0.633 bits per heavy atom. The molecule has 0 spiro atoms. The largest absolute Gasteiger partial charge is 3.00 e. The number of thioether (sulfide) groups is 2. The first kappa shape index (κ1) is 34.4. The second-order valence-electron chi connectivity index (χ2n) is 10.7. The first-order chi connectivity index (χ1) is 23.6. The van der Waals surface area contributed by atoms with Crippen LogP contribution < -0.4 is 8.91 Å². The van der Waals surface area contributed by atoms with Gasteiger partial charge in [0.2, 0.25) is 5.52 Å². The van der Waals surface area contributed by atoms with Crippen LogP contribution in [0.15, 0.2) is 149 Å². The van der Waals surface area contributed by atoms with Gasteiger partial charge in [0.15, 0.2) is 0 Å². The minimum absolute atomic E-state index is 0. The third-order valence-corrected chi connectivity index (χ3v) is 11.2. The van der Waals surface area contributed by atoms with E-state index >= 15 is 0 Å². The van der Waals surface area contributed by atoms with Crippen LogP contribution in [0.1, 0.15) is 11.1 Å². The second-order valence-corrected chi connectivity index (χ2v) is 13.8. The predicted molar refractivity (Wildman–Crippen MR) is 201 cm³/mol. The van der Waals surface area contributed by atoms with Crippen molar-refractivity contribution in [2.24, 2.45) is 0 Å². The van der Waals surface area contributed by atoms with Gasteiger partial charge in [0.25, 0.3) is 0 Å². The zero-order chi connectivity index (χ0) is 32.9. The van der Waals surface area contributed by atoms with Gasteiger partial charge in [0.1, 0.15) is 11.4 Å². The third kappa shape index (κ3) is 7.42. The number of hydrogen-bond donors (Lipinski definition) is 0. The van der Waals surface area contributed by atoms with Crippen LogP contribution in [0.3, 0.4) is 0 Å². The molecule has 3 heterocycles. The average Bonchev–Trinajstić information content (AvgIpc) is 3.80. The average molecular weight is 865 g/mol. The Morgan fingerprint density at radius 3 is 1.65 bits per heavy atom. The van der Waals surface area contributed by atoms with Gasteiger partial charge in [0.05, 0.1) is 26.8 Å². The fourth-order valence-corrected chi connectivity index (χ4v) is 8.54. The van der Waals surface area contributed by atoms with Crippen LogP contribution in [0.4, 0.5) is 11.4 Å². The van der Waals surface area contributed by atoms with E-state index < -0.39 is 0 Å². The van der Waals surface area contributed by atoms with Gasteiger partial charge in [-0.25, -0.2) is 46.6 Å². The number of nitrogens with zero attached hydrogens (tertiary/aromatic N) is 3. The van der Waals surface area contributed by atoms with E-state index in [9.17, 15) is 0 Å². The summed E-state index contributed by atoms with van der Waals surface area (Å²) in [5.41, 5.74) is 6.79. The molecule has 0 atom stereocenters. The number of rotatable bonds is 2. The van der Waals surface area contributed by atoms with Crippen molar-refractivity contribution in [3.05, 3.63) is 197 Å². The second kappa shape index (κ2) is 15.8. The molecule has 9 rings (SSSR count). The minimum Gasteiger partial charge on any atom is -0.354 e. The van der Waals surface area contributed by atoms with E-state index in [1.165, 1.54) is 31.4 Å². The number of aromatic nitrogens is 1. The molecule has 7 heteroatoms. The molecular formula is C42H30IrN3S3. The molecule has 2 aliphatic heterocycles. The Labute approximate surface area is 314 Å². The molecule has 3 aliphatic rings. The van der Waals surface area contributed by atoms with Crippen molar-refractivity contribution in [3.8, 4) is 0 Å². The van der Waals surface area contributed by atoms with Crippen LogP contribution in [-0.4, -0.2) is 22.6 Å². The molecular weight excluding hydrogens is 835 g/mol. The summed E-state index contributed by atoms with van der Waals surface area (Å²) in [7, 11) is 0. The monoisotopic (exact) mass is 865 g/mol. The fraction of sp³-hybridized carbons (Fsp3) is 0. The molecule has 0 radical (unpaired) electrons. The van der Waals surface area contributed by atoms with Crippen LogP contribution in [0.25, 0.3) is 15.8 Å². The smallest absolute Gasteiger partial charge is 0.354 e. The first-order valence-electron chi connectivity index (χ1n) is 15.2. The Kier molecular flexibility index (Phi) is 11.1. The summed E-state index contributed by atoms with van der Waals surface area (Å²) in [5.74, 6) is 0. The molecule has 0 N–H and O–H groups in total. The molecule has 0 bridgehead atoms. The predicted octanol–water partition coefficient (Wildman–Crippen LogP) is 9.06. The molecule has 0 fully saturated rings. The van der Waals surface area contributed by atoms with Crippen LogP contribution in [0.2, 0.25) is 0 Å². The molecule has 0 amide bonds. The summed E-state index contributed by atoms with van der Waals surface area (Å²) in [6.45, 7) is 12.3. The van der Waals surface area contributed by atoms with E-state index in [-0.39, 0.29) is 20.1 Å². The summed E-state index contributed by atoms with van der Waals surface area (Å²) >= 11 is 5.24. The van der Waals surface area contributed by atoms with Crippen molar-refractivity contribution in [1.82, 2.24) is 0 Å². The van der Waals surface area contributed by atoms with Crippen molar-refractivity contribution < 1.29 is 33.5 Å². The van der Waals surface area contributed by atoms with E-state index in [2.05, 4.69) is 112 Å². The topological polar surface area (TPSA) is 11.9 Å².